The minimum absolute atomic E-state index is 0.209. The first-order chi connectivity index (χ1) is 9.37. The molecule has 0 spiro atoms. The van der Waals surface area contributed by atoms with E-state index in [1.165, 1.54) is 37.1 Å². The standard InChI is InChI=1S/C17H29NOSi/c1-14-8-10-16(11-9-14)17(19-20(3,4)5)15(2)18-12-6-7-13-18/h8-11,15,17H,6-7,12-13H2,1-5H3. The lowest BCUT2D eigenvalue weighted by molar-refractivity contribution is 0.0856. The SMILES string of the molecule is Cc1ccc(C(O[Si](C)(C)C)C(C)N2CCCC2)cc1. The van der Waals surface area contributed by atoms with Crippen LogP contribution in [0.25, 0.3) is 0 Å². The number of benzene rings is 1. The van der Waals surface area contributed by atoms with Gasteiger partial charge in [0.05, 0.1) is 6.10 Å². The summed E-state index contributed by atoms with van der Waals surface area (Å²) in [5, 5.41) is 0. The molecule has 0 saturated carbocycles. The lowest BCUT2D eigenvalue weighted by Gasteiger charge is -2.36. The van der Waals surface area contributed by atoms with E-state index in [0.717, 1.165) is 0 Å². The topological polar surface area (TPSA) is 12.5 Å². The second-order valence-electron chi connectivity index (χ2n) is 7.05. The second kappa shape index (κ2) is 6.42. The molecule has 0 amide bonds. The Balaban J connectivity index is 2.21. The summed E-state index contributed by atoms with van der Waals surface area (Å²) >= 11 is 0. The van der Waals surface area contributed by atoms with Crippen LogP contribution in [0.15, 0.2) is 24.3 Å². The van der Waals surface area contributed by atoms with E-state index >= 15 is 0 Å². The molecule has 112 valence electrons. The quantitative estimate of drug-likeness (QED) is 0.747. The van der Waals surface area contributed by atoms with E-state index in [1.54, 1.807) is 0 Å². The van der Waals surface area contributed by atoms with Crippen molar-refractivity contribution in [1.82, 2.24) is 4.90 Å². The van der Waals surface area contributed by atoms with Crippen molar-refractivity contribution in [2.24, 2.45) is 0 Å². The van der Waals surface area contributed by atoms with Gasteiger partial charge in [-0.2, -0.15) is 0 Å². The van der Waals surface area contributed by atoms with E-state index in [4.69, 9.17) is 4.43 Å². The van der Waals surface area contributed by atoms with Crippen molar-refractivity contribution in [2.75, 3.05) is 13.1 Å². The van der Waals surface area contributed by atoms with Gasteiger partial charge in [-0.25, -0.2) is 0 Å². The summed E-state index contributed by atoms with van der Waals surface area (Å²) in [4.78, 5) is 2.59. The second-order valence-corrected chi connectivity index (χ2v) is 11.5. The highest BCUT2D eigenvalue weighted by Crippen LogP contribution is 2.30. The molecule has 0 aromatic heterocycles. The van der Waals surface area contributed by atoms with Crippen molar-refractivity contribution in [3.8, 4) is 0 Å². The van der Waals surface area contributed by atoms with Gasteiger partial charge in [-0.3, -0.25) is 4.90 Å². The van der Waals surface area contributed by atoms with Gasteiger partial charge in [0, 0.05) is 6.04 Å². The Labute approximate surface area is 125 Å². The molecular weight excluding hydrogens is 262 g/mol. The Bertz CT molecular complexity index is 418. The van der Waals surface area contributed by atoms with Crippen molar-refractivity contribution in [2.45, 2.75) is 58.5 Å². The predicted molar refractivity (Wildman–Crippen MR) is 88.6 cm³/mol. The normalized spacial score (nSPS) is 20.1. The Morgan fingerprint density at radius 2 is 1.60 bits per heavy atom. The summed E-state index contributed by atoms with van der Waals surface area (Å²) in [6.45, 7) is 13.8. The predicted octanol–water partition coefficient (Wildman–Crippen LogP) is 4.37. The number of aryl methyl sites for hydroxylation is 1. The van der Waals surface area contributed by atoms with Gasteiger partial charge in [0.2, 0.25) is 0 Å². The van der Waals surface area contributed by atoms with Gasteiger partial charge in [-0.05, 0) is 65.0 Å². The zero-order valence-electron chi connectivity index (χ0n) is 13.6. The zero-order valence-corrected chi connectivity index (χ0v) is 14.6. The third-order valence-electron chi connectivity index (χ3n) is 4.04. The van der Waals surface area contributed by atoms with Gasteiger partial charge >= 0.3 is 0 Å². The van der Waals surface area contributed by atoms with Crippen molar-refractivity contribution < 1.29 is 4.43 Å². The van der Waals surface area contributed by atoms with Gasteiger partial charge in [0.15, 0.2) is 8.32 Å². The van der Waals surface area contributed by atoms with Crippen LogP contribution in [0.5, 0.6) is 0 Å². The molecule has 1 aliphatic heterocycles. The van der Waals surface area contributed by atoms with Gasteiger partial charge in [0.1, 0.15) is 0 Å². The van der Waals surface area contributed by atoms with Crippen LogP contribution in [-0.2, 0) is 4.43 Å². The van der Waals surface area contributed by atoms with Crippen molar-refractivity contribution in [1.29, 1.82) is 0 Å². The van der Waals surface area contributed by atoms with E-state index in [0.29, 0.717) is 6.04 Å². The fourth-order valence-electron chi connectivity index (χ4n) is 2.92. The minimum atomic E-state index is -1.56. The summed E-state index contributed by atoms with van der Waals surface area (Å²) in [5.41, 5.74) is 2.65. The summed E-state index contributed by atoms with van der Waals surface area (Å²) in [7, 11) is -1.56. The van der Waals surface area contributed by atoms with E-state index in [1.807, 2.05) is 0 Å². The number of nitrogens with zero attached hydrogens (tertiary/aromatic N) is 1. The Kier molecular flexibility index (Phi) is 5.05. The highest BCUT2D eigenvalue weighted by atomic mass is 28.4. The first-order valence-corrected chi connectivity index (χ1v) is 11.3. The number of rotatable bonds is 5. The summed E-state index contributed by atoms with van der Waals surface area (Å²) in [6, 6.07) is 9.35. The van der Waals surface area contributed by atoms with Crippen LogP contribution in [0.2, 0.25) is 19.6 Å². The first kappa shape index (κ1) is 15.7. The Morgan fingerprint density at radius 3 is 2.10 bits per heavy atom. The van der Waals surface area contributed by atoms with Crippen molar-refractivity contribution in [3.05, 3.63) is 35.4 Å². The maximum absolute atomic E-state index is 6.54. The van der Waals surface area contributed by atoms with Crippen molar-refractivity contribution >= 4 is 8.32 Å². The highest BCUT2D eigenvalue weighted by Gasteiger charge is 2.31. The molecule has 1 aliphatic rings. The average molecular weight is 292 g/mol. The molecule has 0 aliphatic carbocycles. The largest absolute Gasteiger partial charge is 0.409 e. The third-order valence-corrected chi connectivity index (χ3v) is 5.00. The van der Waals surface area contributed by atoms with Crippen LogP contribution in [0.3, 0.4) is 0 Å². The molecule has 0 radical (unpaired) electrons. The van der Waals surface area contributed by atoms with Crippen LogP contribution < -0.4 is 0 Å². The smallest absolute Gasteiger partial charge is 0.184 e. The molecule has 2 unspecified atom stereocenters. The van der Waals surface area contributed by atoms with Gasteiger partial charge in [-0.1, -0.05) is 29.8 Å². The van der Waals surface area contributed by atoms with Gasteiger partial charge in [-0.15, -0.1) is 0 Å². The molecule has 0 N–H and O–H groups in total. The summed E-state index contributed by atoms with van der Waals surface area (Å²) in [6.07, 6.45) is 2.87. The fraction of sp³-hybridized carbons (Fsp3) is 0.647. The number of hydrogen-bond donors (Lipinski definition) is 0. The molecule has 2 nitrogen and oxygen atoms in total. The van der Waals surface area contributed by atoms with Gasteiger partial charge in [0.25, 0.3) is 0 Å². The lowest BCUT2D eigenvalue weighted by Crippen LogP contribution is -2.40. The van der Waals surface area contributed by atoms with Crippen LogP contribution in [-0.4, -0.2) is 32.3 Å². The molecule has 0 bridgehead atoms. The molecule has 1 aromatic rings. The molecule has 20 heavy (non-hydrogen) atoms. The lowest BCUT2D eigenvalue weighted by atomic mass is 10.0. The average Bonchev–Trinajstić information content (AvgIpc) is 2.89. The maximum Gasteiger partial charge on any atom is 0.184 e. The minimum Gasteiger partial charge on any atom is -0.409 e. The first-order valence-electron chi connectivity index (χ1n) is 7.85. The summed E-state index contributed by atoms with van der Waals surface area (Å²) < 4.78 is 6.54. The Morgan fingerprint density at radius 1 is 1.05 bits per heavy atom. The fourth-order valence-corrected chi connectivity index (χ4v) is 4.02. The van der Waals surface area contributed by atoms with Crippen LogP contribution in [0.4, 0.5) is 0 Å². The molecule has 1 fully saturated rings. The van der Waals surface area contributed by atoms with Crippen LogP contribution in [0.1, 0.15) is 37.0 Å². The maximum atomic E-state index is 6.54. The molecular formula is C17H29NOSi. The van der Waals surface area contributed by atoms with Crippen LogP contribution in [0, 0.1) is 6.92 Å². The molecule has 1 heterocycles. The van der Waals surface area contributed by atoms with E-state index < -0.39 is 8.32 Å². The zero-order chi connectivity index (χ0) is 14.8. The number of hydrogen-bond acceptors (Lipinski definition) is 2. The molecule has 3 heteroatoms. The molecule has 1 saturated heterocycles. The third kappa shape index (κ3) is 4.17. The van der Waals surface area contributed by atoms with Crippen molar-refractivity contribution in [3.63, 3.8) is 0 Å². The van der Waals surface area contributed by atoms with Crippen LogP contribution >= 0.6 is 0 Å². The monoisotopic (exact) mass is 291 g/mol. The molecule has 1 aromatic carbocycles. The van der Waals surface area contributed by atoms with E-state index in [9.17, 15) is 0 Å². The highest BCUT2D eigenvalue weighted by molar-refractivity contribution is 6.69. The molecule has 2 rings (SSSR count). The Hall–Kier alpha value is -0.643. The number of likely N-dealkylation sites (tertiary alicyclic amines) is 1. The van der Waals surface area contributed by atoms with E-state index in [2.05, 4.69) is 62.7 Å². The van der Waals surface area contributed by atoms with E-state index in [-0.39, 0.29) is 6.10 Å². The summed E-state index contributed by atoms with van der Waals surface area (Å²) in [5.74, 6) is 0. The molecule has 2 atom stereocenters. The van der Waals surface area contributed by atoms with Gasteiger partial charge < -0.3 is 4.43 Å².